The first-order valence-electron chi connectivity index (χ1n) is 4.70. The van der Waals surface area contributed by atoms with E-state index in [1.54, 1.807) is 0 Å². The maximum absolute atomic E-state index is 11.7. The fourth-order valence-electron chi connectivity index (χ4n) is 1.11. The van der Waals surface area contributed by atoms with Gasteiger partial charge in [0.1, 0.15) is 5.75 Å². The van der Waals surface area contributed by atoms with Gasteiger partial charge in [-0.2, -0.15) is 0 Å². The molecule has 0 radical (unpaired) electrons. The Balaban J connectivity index is 2.88. The van der Waals surface area contributed by atoms with E-state index in [1.165, 1.54) is 18.2 Å². The predicted octanol–water partition coefficient (Wildman–Crippen LogP) is 1.50. The van der Waals surface area contributed by atoms with Crippen molar-refractivity contribution in [3.63, 3.8) is 0 Å². The van der Waals surface area contributed by atoms with Gasteiger partial charge in [0.25, 0.3) is 5.91 Å². The topological polar surface area (TPSA) is 75.3 Å². The van der Waals surface area contributed by atoms with Crippen LogP contribution in [0.4, 0.5) is 5.69 Å². The van der Waals surface area contributed by atoms with E-state index in [4.69, 9.17) is 5.73 Å². The van der Waals surface area contributed by atoms with Crippen molar-refractivity contribution in [3.8, 4) is 5.75 Å². The summed E-state index contributed by atoms with van der Waals surface area (Å²) in [6, 6.07) is 4.40. The minimum absolute atomic E-state index is 0.0118. The van der Waals surface area contributed by atoms with Crippen molar-refractivity contribution in [1.29, 1.82) is 0 Å². The molecule has 0 unspecified atom stereocenters. The zero-order valence-corrected chi connectivity index (χ0v) is 9.16. The second-order valence-corrected chi connectivity index (χ2v) is 4.48. The average molecular weight is 208 g/mol. The van der Waals surface area contributed by atoms with Crippen LogP contribution in [-0.4, -0.2) is 16.6 Å². The van der Waals surface area contributed by atoms with Gasteiger partial charge in [-0.3, -0.25) is 4.79 Å². The number of benzene rings is 1. The van der Waals surface area contributed by atoms with Gasteiger partial charge in [0, 0.05) is 11.1 Å². The number of nitrogens with two attached hydrogens (primary N) is 1. The molecule has 0 fully saturated rings. The molecular formula is C11H16N2O2. The lowest BCUT2D eigenvalue weighted by atomic mass is 10.1. The lowest BCUT2D eigenvalue weighted by molar-refractivity contribution is 0.0919. The number of anilines is 1. The number of hydrogen-bond donors (Lipinski definition) is 3. The number of amides is 1. The molecule has 0 saturated carbocycles. The number of phenols is 1. The monoisotopic (exact) mass is 208 g/mol. The molecule has 15 heavy (non-hydrogen) atoms. The smallest absolute Gasteiger partial charge is 0.251 e. The Morgan fingerprint density at radius 1 is 1.40 bits per heavy atom. The molecule has 0 aliphatic carbocycles. The van der Waals surface area contributed by atoms with E-state index < -0.39 is 0 Å². The minimum atomic E-state index is -0.288. The van der Waals surface area contributed by atoms with Gasteiger partial charge in [-0.25, -0.2) is 0 Å². The standard InChI is InChI=1S/C11H16N2O2/c1-11(2,3)13-10(15)7-4-5-9(14)8(12)6-7/h4-6,14H,12H2,1-3H3,(H,13,15). The molecule has 4 nitrogen and oxygen atoms in total. The molecule has 1 aromatic carbocycles. The van der Waals surface area contributed by atoms with Gasteiger partial charge in [0.15, 0.2) is 0 Å². The molecule has 4 heteroatoms. The van der Waals surface area contributed by atoms with E-state index in [9.17, 15) is 9.90 Å². The van der Waals surface area contributed by atoms with Crippen LogP contribution < -0.4 is 11.1 Å². The number of nitrogens with one attached hydrogen (secondary N) is 1. The molecule has 0 heterocycles. The van der Waals surface area contributed by atoms with Crippen molar-refractivity contribution in [2.24, 2.45) is 0 Å². The number of hydrogen-bond acceptors (Lipinski definition) is 3. The third-order valence-corrected chi connectivity index (χ3v) is 1.78. The quantitative estimate of drug-likeness (QED) is 0.483. The normalized spacial score (nSPS) is 11.1. The van der Waals surface area contributed by atoms with Gasteiger partial charge in [-0.05, 0) is 39.0 Å². The molecule has 0 saturated heterocycles. The molecule has 0 aromatic heterocycles. The van der Waals surface area contributed by atoms with Crippen LogP contribution >= 0.6 is 0 Å². The van der Waals surface area contributed by atoms with Crippen LogP contribution in [-0.2, 0) is 0 Å². The molecule has 82 valence electrons. The number of nitrogen functional groups attached to an aromatic ring is 1. The molecule has 0 spiro atoms. The van der Waals surface area contributed by atoms with Crippen LogP contribution in [0.5, 0.6) is 5.75 Å². The Bertz CT molecular complexity index is 381. The van der Waals surface area contributed by atoms with Crippen LogP contribution in [0.2, 0.25) is 0 Å². The molecule has 0 bridgehead atoms. The maximum atomic E-state index is 11.7. The fraction of sp³-hybridized carbons (Fsp3) is 0.364. The fourth-order valence-corrected chi connectivity index (χ4v) is 1.11. The highest BCUT2D eigenvalue weighted by atomic mass is 16.3. The van der Waals surface area contributed by atoms with Gasteiger partial charge in [0.05, 0.1) is 5.69 Å². The SMILES string of the molecule is CC(C)(C)NC(=O)c1ccc(O)c(N)c1. The lowest BCUT2D eigenvalue weighted by Crippen LogP contribution is -2.40. The molecule has 1 amide bonds. The molecule has 4 N–H and O–H groups in total. The van der Waals surface area contributed by atoms with Crippen molar-refractivity contribution in [3.05, 3.63) is 23.8 Å². The highest BCUT2D eigenvalue weighted by Gasteiger charge is 2.15. The van der Waals surface area contributed by atoms with Crippen LogP contribution in [0, 0.1) is 0 Å². The second kappa shape index (κ2) is 3.81. The first-order valence-corrected chi connectivity index (χ1v) is 4.70. The highest BCUT2D eigenvalue weighted by Crippen LogP contribution is 2.20. The van der Waals surface area contributed by atoms with Crippen LogP contribution in [0.3, 0.4) is 0 Å². The average Bonchev–Trinajstić information content (AvgIpc) is 2.06. The molecule has 0 aliphatic heterocycles. The van der Waals surface area contributed by atoms with E-state index in [2.05, 4.69) is 5.32 Å². The van der Waals surface area contributed by atoms with Gasteiger partial charge in [-0.15, -0.1) is 0 Å². The lowest BCUT2D eigenvalue weighted by Gasteiger charge is -2.20. The minimum Gasteiger partial charge on any atom is -0.506 e. The largest absolute Gasteiger partial charge is 0.506 e. The van der Waals surface area contributed by atoms with Crippen LogP contribution in [0.1, 0.15) is 31.1 Å². The van der Waals surface area contributed by atoms with Gasteiger partial charge < -0.3 is 16.2 Å². The number of carbonyl (C=O) groups is 1. The van der Waals surface area contributed by atoms with Crippen LogP contribution in [0.25, 0.3) is 0 Å². The number of phenolic OH excluding ortho intramolecular Hbond substituents is 1. The Morgan fingerprint density at radius 3 is 2.47 bits per heavy atom. The summed E-state index contributed by atoms with van der Waals surface area (Å²) in [5.74, 6) is -0.212. The Kier molecular flexibility index (Phi) is 2.88. The summed E-state index contributed by atoms with van der Waals surface area (Å²) < 4.78 is 0. The molecule has 1 aromatic rings. The summed E-state index contributed by atoms with van der Waals surface area (Å²) in [7, 11) is 0. The molecular weight excluding hydrogens is 192 g/mol. The van der Waals surface area contributed by atoms with Gasteiger partial charge >= 0.3 is 0 Å². The highest BCUT2D eigenvalue weighted by molar-refractivity contribution is 5.95. The van der Waals surface area contributed by atoms with Crippen LogP contribution in [0.15, 0.2) is 18.2 Å². The van der Waals surface area contributed by atoms with Gasteiger partial charge in [-0.1, -0.05) is 0 Å². The molecule has 0 aliphatic rings. The Labute approximate surface area is 89.1 Å². The number of aromatic hydroxyl groups is 1. The van der Waals surface area contributed by atoms with E-state index in [-0.39, 0.29) is 22.9 Å². The Hall–Kier alpha value is -1.71. The van der Waals surface area contributed by atoms with Crippen molar-refractivity contribution >= 4 is 11.6 Å². The number of carbonyl (C=O) groups excluding carboxylic acids is 1. The summed E-state index contributed by atoms with van der Waals surface area (Å²) >= 11 is 0. The zero-order valence-electron chi connectivity index (χ0n) is 9.16. The van der Waals surface area contributed by atoms with Crippen molar-refractivity contribution < 1.29 is 9.90 Å². The molecule has 0 atom stereocenters. The summed E-state index contributed by atoms with van der Waals surface area (Å²) in [5, 5.41) is 12.0. The first kappa shape index (κ1) is 11.4. The predicted molar refractivity (Wildman–Crippen MR) is 59.7 cm³/mol. The maximum Gasteiger partial charge on any atom is 0.251 e. The second-order valence-electron chi connectivity index (χ2n) is 4.48. The summed E-state index contributed by atoms with van der Waals surface area (Å²) in [6.45, 7) is 5.69. The summed E-state index contributed by atoms with van der Waals surface area (Å²) in [4.78, 5) is 11.7. The summed E-state index contributed by atoms with van der Waals surface area (Å²) in [6.07, 6.45) is 0. The van der Waals surface area contributed by atoms with E-state index >= 15 is 0 Å². The zero-order chi connectivity index (χ0) is 11.6. The number of rotatable bonds is 1. The third kappa shape index (κ3) is 3.16. The summed E-state index contributed by atoms with van der Waals surface area (Å²) in [5.41, 5.74) is 5.85. The third-order valence-electron chi connectivity index (χ3n) is 1.78. The first-order chi connectivity index (χ1) is 6.79. The van der Waals surface area contributed by atoms with Crippen molar-refractivity contribution in [1.82, 2.24) is 5.32 Å². The van der Waals surface area contributed by atoms with E-state index in [0.717, 1.165) is 0 Å². The molecule has 1 rings (SSSR count). The Morgan fingerprint density at radius 2 is 2.00 bits per heavy atom. The van der Waals surface area contributed by atoms with Gasteiger partial charge in [0.2, 0.25) is 0 Å². The van der Waals surface area contributed by atoms with Crippen molar-refractivity contribution in [2.75, 3.05) is 5.73 Å². The van der Waals surface area contributed by atoms with E-state index in [0.29, 0.717) is 5.56 Å². The van der Waals surface area contributed by atoms with Crippen molar-refractivity contribution in [2.45, 2.75) is 26.3 Å². The van der Waals surface area contributed by atoms with E-state index in [1.807, 2.05) is 20.8 Å².